The number of hydrogen-bond donors (Lipinski definition) is 2. The molecule has 1 amide bonds. The third-order valence-corrected chi connectivity index (χ3v) is 1.46. The number of rotatable bonds is 2. The summed E-state index contributed by atoms with van der Waals surface area (Å²) in [5.41, 5.74) is 0. The molecule has 1 N–H and O–H groups in total. The highest BCUT2D eigenvalue weighted by Crippen LogP contribution is 2.23. The molecule has 1 aliphatic rings. The van der Waals surface area contributed by atoms with Crippen molar-refractivity contribution in [2.45, 2.75) is 18.9 Å². The van der Waals surface area contributed by atoms with E-state index in [1.807, 2.05) is 0 Å². The number of nitrogens with one attached hydrogen (secondary N) is 1. The maximum absolute atomic E-state index is 10.5. The Morgan fingerprint density at radius 2 is 2.44 bits per heavy atom. The summed E-state index contributed by atoms with van der Waals surface area (Å²) >= 11 is 3.71. The van der Waals surface area contributed by atoms with Crippen LogP contribution in [0.1, 0.15) is 12.8 Å². The van der Waals surface area contributed by atoms with Crippen LogP contribution < -0.4 is 4.72 Å². The van der Waals surface area contributed by atoms with Crippen LogP contribution in [0.2, 0.25) is 0 Å². The first kappa shape index (κ1) is 7.08. The number of carbonyl (C=O) groups is 1. The second-order valence-electron chi connectivity index (χ2n) is 1.80. The zero-order chi connectivity index (χ0) is 6.69. The van der Waals surface area contributed by atoms with Gasteiger partial charge in [-0.2, -0.15) is 0 Å². The largest absolute Gasteiger partial charge is 0.446 e. The van der Waals surface area contributed by atoms with Crippen molar-refractivity contribution in [2.75, 3.05) is 0 Å². The molecule has 0 saturated heterocycles. The molecule has 1 aliphatic carbocycles. The van der Waals surface area contributed by atoms with Crippen molar-refractivity contribution >= 4 is 28.7 Å². The van der Waals surface area contributed by atoms with Crippen molar-refractivity contribution in [1.29, 1.82) is 0 Å². The van der Waals surface area contributed by atoms with E-state index in [-0.39, 0.29) is 6.10 Å². The van der Waals surface area contributed by atoms with E-state index in [4.69, 9.17) is 4.74 Å². The van der Waals surface area contributed by atoms with E-state index in [0.717, 1.165) is 23.8 Å². The summed E-state index contributed by atoms with van der Waals surface area (Å²) in [4.78, 5) is 10.5. The molecular weight excluding hydrogens is 158 g/mol. The topological polar surface area (TPSA) is 38.3 Å². The minimum atomic E-state index is -0.391. The molecule has 0 atom stereocenters. The zero-order valence-electron chi connectivity index (χ0n) is 4.66. The average Bonchev–Trinajstić information content (AvgIpc) is 2.50. The number of ether oxygens (including phenoxy) is 1. The van der Waals surface area contributed by atoms with Crippen LogP contribution in [0.4, 0.5) is 4.79 Å². The van der Waals surface area contributed by atoms with Crippen LogP contribution in [0.5, 0.6) is 0 Å². The molecule has 5 heteroatoms. The Morgan fingerprint density at radius 1 is 1.78 bits per heavy atom. The van der Waals surface area contributed by atoms with Crippen molar-refractivity contribution in [3.8, 4) is 0 Å². The van der Waals surface area contributed by atoms with Gasteiger partial charge in [-0.25, -0.2) is 4.79 Å². The minimum Gasteiger partial charge on any atom is -0.446 e. The fourth-order valence-electron chi connectivity index (χ4n) is 0.399. The van der Waals surface area contributed by atoms with Crippen LogP contribution in [0.15, 0.2) is 0 Å². The van der Waals surface area contributed by atoms with Crippen molar-refractivity contribution in [2.24, 2.45) is 0 Å². The lowest BCUT2D eigenvalue weighted by Crippen LogP contribution is -2.16. The molecule has 1 fully saturated rings. The molecule has 0 unspecified atom stereocenters. The van der Waals surface area contributed by atoms with Crippen molar-refractivity contribution in [1.82, 2.24) is 4.72 Å². The lowest BCUT2D eigenvalue weighted by molar-refractivity contribution is 0.146. The van der Waals surface area contributed by atoms with Crippen LogP contribution in [0.3, 0.4) is 0 Å². The van der Waals surface area contributed by atoms with E-state index < -0.39 is 6.09 Å². The summed E-state index contributed by atoms with van der Waals surface area (Å²) in [6, 6.07) is 0. The predicted octanol–water partition coefficient (Wildman–Crippen LogP) is 1.37. The highest BCUT2D eigenvalue weighted by atomic mass is 33.1. The molecule has 0 bridgehead atoms. The van der Waals surface area contributed by atoms with Crippen molar-refractivity contribution in [3.05, 3.63) is 0 Å². The van der Waals surface area contributed by atoms with Gasteiger partial charge in [-0.1, -0.05) is 11.7 Å². The summed E-state index contributed by atoms with van der Waals surface area (Å²) in [6.45, 7) is 0. The lowest BCUT2D eigenvalue weighted by atomic mass is 10.8. The molecule has 3 nitrogen and oxygen atoms in total. The molecule has 0 heterocycles. The molecule has 0 spiro atoms. The maximum Gasteiger partial charge on any atom is 0.418 e. The summed E-state index contributed by atoms with van der Waals surface area (Å²) in [5.74, 6) is 0. The van der Waals surface area contributed by atoms with E-state index in [0.29, 0.717) is 0 Å². The van der Waals surface area contributed by atoms with Gasteiger partial charge in [0.15, 0.2) is 0 Å². The minimum absolute atomic E-state index is 0.172. The van der Waals surface area contributed by atoms with Crippen LogP contribution in [0, 0.1) is 0 Å². The summed E-state index contributed by atoms with van der Waals surface area (Å²) in [7, 11) is 0.949. The normalized spacial score (nSPS) is 17.0. The van der Waals surface area contributed by atoms with Crippen LogP contribution in [-0.4, -0.2) is 12.2 Å². The Kier molecular flexibility index (Phi) is 2.53. The third-order valence-electron chi connectivity index (χ3n) is 0.927. The number of amides is 1. The molecule has 0 aromatic heterocycles. The fourth-order valence-corrected chi connectivity index (χ4v) is 0.745. The summed E-state index contributed by atoms with van der Waals surface area (Å²) in [5, 5.41) is 0. The van der Waals surface area contributed by atoms with Gasteiger partial charge in [0.2, 0.25) is 0 Å². The van der Waals surface area contributed by atoms with Gasteiger partial charge < -0.3 is 4.74 Å². The van der Waals surface area contributed by atoms with E-state index in [9.17, 15) is 4.79 Å². The van der Waals surface area contributed by atoms with Gasteiger partial charge in [-0.15, -0.1) is 0 Å². The smallest absolute Gasteiger partial charge is 0.418 e. The molecule has 1 rings (SSSR count). The van der Waals surface area contributed by atoms with Gasteiger partial charge in [0.25, 0.3) is 0 Å². The van der Waals surface area contributed by atoms with Gasteiger partial charge in [-0.3, -0.25) is 4.72 Å². The standard InChI is InChI=1S/C4H7NO2S2/c6-4(5-9-8)7-3-1-2-3/h3,8H,1-2H2,(H,5,6). The number of thiol groups is 1. The van der Waals surface area contributed by atoms with Gasteiger partial charge in [0, 0.05) is 11.0 Å². The second kappa shape index (κ2) is 3.22. The number of hydrogen-bond acceptors (Lipinski definition) is 4. The van der Waals surface area contributed by atoms with E-state index in [2.05, 4.69) is 16.4 Å². The first-order chi connectivity index (χ1) is 4.33. The molecule has 0 aliphatic heterocycles. The van der Waals surface area contributed by atoms with Gasteiger partial charge >= 0.3 is 6.09 Å². The lowest BCUT2D eigenvalue weighted by Gasteiger charge is -1.99. The predicted molar refractivity (Wildman–Crippen MR) is 39.2 cm³/mol. The molecule has 52 valence electrons. The van der Waals surface area contributed by atoms with E-state index >= 15 is 0 Å². The molecule has 0 radical (unpaired) electrons. The zero-order valence-corrected chi connectivity index (χ0v) is 6.37. The summed E-state index contributed by atoms with van der Waals surface area (Å²) < 4.78 is 7.12. The van der Waals surface area contributed by atoms with Crippen molar-refractivity contribution < 1.29 is 9.53 Å². The van der Waals surface area contributed by atoms with Crippen LogP contribution in [-0.2, 0) is 4.74 Å². The Labute approximate surface area is 62.5 Å². The quantitative estimate of drug-likeness (QED) is 0.369. The fraction of sp³-hybridized carbons (Fsp3) is 0.750. The molecule has 1 saturated carbocycles. The van der Waals surface area contributed by atoms with E-state index in [1.165, 1.54) is 0 Å². The van der Waals surface area contributed by atoms with E-state index in [1.54, 1.807) is 0 Å². The molecule has 9 heavy (non-hydrogen) atoms. The Bertz CT molecular complexity index is 115. The number of carbonyl (C=O) groups excluding carboxylic acids is 1. The van der Waals surface area contributed by atoms with Crippen LogP contribution in [0.25, 0.3) is 0 Å². The Hall–Kier alpha value is -0.0300. The van der Waals surface area contributed by atoms with Gasteiger partial charge in [0.05, 0.1) is 0 Å². The summed E-state index contributed by atoms with van der Waals surface area (Å²) in [6.07, 6.45) is 1.79. The third kappa shape index (κ3) is 2.86. The maximum atomic E-state index is 10.5. The second-order valence-corrected chi connectivity index (χ2v) is 2.73. The Morgan fingerprint density at radius 3 is 2.89 bits per heavy atom. The molecule has 0 aromatic carbocycles. The molecular formula is C4H7NO2S2. The van der Waals surface area contributed by atoms with Crippen molar-refractivity contribution in [3.63, 3.8) is 0 Å². The monoisotopic (exact) mass is 165 g/mol. The average molecular weight is 165 g/mol. The first-order valence-electron chi connectivity index (χ1n) is 2.60. The molecule has 0 aromatic rings. The SMILES string of the molecule is O=C(NSS)OC1CC1. The first-order valence-corrected chi connectivity index (χ1v) is 4.47. The highest BCUT2D eigenvalue weighted by molar-refractivity contribution is 8.67. The Balaban J connectivity index is 2.02. The van der Waals surface area contributed by atoms with Crippen LogP contribution >= 0.6 is 22.6 Å². The highest BCUT2D eigenvalue weighted by Gasteiger charge is 2.25. The van der Waals surface area contributed by atoms with Gasteiger partial charge in [0.1, 0.15) is 6.10 Å². The van der Waals surface area contributed by atoms with Gasteiger partial charge in [-0.05, 0) is 12.8 Å².